The fraction of sp³-hybridized carbons (Fsp3) is 0.333. The summed E-state index contributed by atoms with van der Waals surface area (Å²) in [4.78, 5) is 16.5. The summed E-state index contributed by atoms with van der Waals surface area (Å²) in [7, 11) is 0. The van der Waals surface area contributed by atoms with Gasteiger partial charge in [-0.15, -0.1) is 0 Å². The van der Waals surface area contributed by atoms with E-state index in [9.17, 15) is 9.90 Å². The first-order valence-corrected chi connectivity index (χ1v) is 8.15. The Morgan fingerprint density at radius 3 is 3.04 bits per heavy atom. The zero-order chi connectivity index (χ0) is 17.3. The smallest absolute Gasteiger partial charge is 0.262 e. The zero-order valence-electron chi connectivity index (χ0n) is 13.2. The summed E-state index contributed by atoms with van der Waals surface area (Å²) in [5.41, 5.74) is -0.0919. The van der Waals surface area contributed by atoms with Gasteiger partial charge in [0.15, 0.2) is 0 Å². The highest BCUT2D eigenvalue weighted by atomic mass is 35.5. The molecule has 6 heteroatoms. The van der Waals surface area contributed by atoms with Crippen LogP contribution in [0, 0.1) is 6.92 Å². The van der Waals surface area contributed by atoms with Crippen LogP contribution < -0.4 is 5.32 Å². The van der Waals surface area contributed by atoms with E-state index in [4.69, 9.17) is 11.6 Å². The maximum Gasteiger partial charge on any atom is 0.262 e. The quantitative estimate of drug-likeness (QED) is 0.894. The number of halogens is 2. The molecule has 0 saturated carbocycles. The monoisotopic (exact) mass is 348 g/mol. The Balaban J connectivity index is 1.81. The van der Waals surface area contributed by atoms with Gasteiger partial charge in [-0.1, -0.05) is 29.8 Å². The molecule has 126 valence electrons. The molecule has 1 aromatic heterocycles. The fourth-order valence-electron chi connectivity index (χ4n) is 2.97. The van der Waals surface area contributed by atoms with Crippen LogP contribution >= 0.6 is 11.6 Å². The number of nitrogens with zero attached hydrogens (tertiary/aromatic N) is 1. The van der Waals surface area contributed by atoms with Gasteiger partial charge in [-0.25, -0.2) is 4.39 Å². The number of pyridine rings is 1. The van der Waals surface area contributed by atoms with Crippen LogP contribution in [0.25, 0.3) is 0 Å². The van der Waals surface area contributed by atoms with Crippen molar-refractivity contribution >= 4 is 17.5 Å². The van der Waals surface area contributed by atoms with Crippen molar-refractivity contribution in [2.45, 2.75) is 38.1 Å². The standard InChI is InChI=1S/C18H18ClFN2O2/c1-11-4-5-12(14(19)9-11)10-22-17(24)18(20)7-6-15(23)16-13(18)3-2-8-21-16/h2-5,8-9,15,23H,6-7,10H2,1H3,(H,22,24)/t15-,18+/m1/s1. The molecule has 0 radical (unpaired) electrons. The predicted octanol–water partition coefficient (Wildman–Crippen LogP) is 3.35. The fourth-order valence-corrected chi connectivity index (χ4v) is 3.27. The van der Waals surface area contributed by atoms with E-state index in [-0.39, 0.29) is 30.6 Å². The molecule has 2 aromatic rings. The molecule has 1 aromatic carbocycles. The van der Waals surface area contributed by atoms with Crippen molar-refractivity contribution in [2.24, 2.45) is 0 Å². The lowest BCUT2D eigenvalue weighted by Crippen LogP contribution is -2.44. The Morgan fingerprint density at radius 2 is 2.29 bits per heavy atom. The van der Waals surface area contributed by atoms with Gasteiger partial charge in [-0.3, -0.25) is 9.78 Å². The summed E-state index contributed by atoms with van der Waals surface area (Å²) in [6.07, 6.45) is 0.710. The number of aliphatic hydroxyl groups excluding tert-OH is 1. The summed E-state index contributed by atoms with van der Waals surface area (Å²) in [6, 6.07) is 8.56. The molecule has 0 saturated heterocycles. The second-order valence-electron chi connectivity index (χ2n) is 6.07. The minimum atomic E-state index is -2.19. The number of amides is 1. The maximum atomic E-state index is 15.4. The van der Waals surface area contributed by atoms with E-state index in [1.54, 1.807) is 12.1 Å². The van der Waals surface area contributed by atoms with Gasteiger partial charge < -0.3 is 10.4 Å². The molecule has 0 aliphatic heterocycles. The summed E-state index contributed by atoms with van der Waals surface area (Å²) >= 11 is 6.15. The number of hydrogen-bond acceptors (Lipinski definition) is 3. The first-order valence-electron chi connectivity index (χ1n) is 7.77. The van der Waals surface area contributed by atoms with Gasteiger partial charge in [0, 0.05) is 23.3 Å². The van der Waals surface area contributed by atoms with Crippen molar-refractivity contribution in [1.82, 2.24) is 10.3 Å². The van der Waals surface area contributed by atoms with E-state index in [0.717, 1.165) is 11.1 Å². The van der Waals surface area contributed by atoms with Crippen LogP contribution in [0.15, 0.2) is 36.5 Å². The molecule has 1 aliphatic carbocycles. The van der Waals surface area contributed by atoms with Crippen molar-refractivity contribution < 1.29 is 14.3 Å². The minimum Gasteiger partial charge on any atom is -0.387 e. The highest BCUT2D eigenvalue weighted by Crippen LogP contribution is 2.42. The Labute approximate surface area is 144 Å². The number of alkyl halides is 1. The summed E-state index contributed by atoms with van der Waals surface area (Å²) in [5.74, 6) is -0.736. The van der Waals surface area contributed by atoms with Crippen LogP contribution in [0.5, 0.6) is 0 Å². The van der Waals surface area contributed by atoms with Gasteiger partial charge in [-0.2, -0.15) is 0 Å². The molecule has 24 heavy (non-hydrogen) atoms. The summed E-state index contributed by atoms with van der Waals surface area (Å²) in [6.45, 7) is 2.06. The Morgan fingerprint density at radius 1 is 1.50 bits per heavy atom. The first kappa shape index (κ1) is 16.9. The molecule has 0 fully saturated rings. The zero-order valence-corrected chi connectivity index (χ0v) is 14.0. The number of aryl methyl sites for hydroxylation is 1. The highest BCUT2D eigenvalue weighted by molar-refractivity contribution is 6.31. The Kier molecular flexibility index (Phi) is 4.56. The number of aromatic nitrogens is 1. The van der Waals surface area contributed by atoms with E-state index in [2.05, 4.69) is 10.3 Å². The molecule has 0 spiro atoms. The molecule has 0 bridgehead atoms. The molecule has 2 N–H and O–H groups in total. The number of fused-ring (bicyclic) bond motifs is 1. The number of carbonyl (C=O) groups excluding carboxylic acids is 1. The average Bonchev–Trinajstić information content (AvgIpc) is 2.57. The number of benzene rings is 1. The van der Waals surface area contributed by atoms with Crippen LogP contribution in [-0.2, 0) is 17.0 Å². The Bertz CT molecular complexity index is 783. The van der Waals surface area contributed by atoms with Gasteiger partial charge in [0.2, 0.25) is 5.67 Å². The largest absolute Gasteiger partial charge is 0.387 e. The molecule has 4 nitrogen and oxygen atoms in total. The number of hydrogen-bond donors (Lipinski definition) is 2. The first-order chi connectivity index (χ1) is 11.4. The van der Waals surface area contributed by atoms with Crippen LogP contribution in [0.1, 0.15) is 41.3 Å². The third kappa shape index (κ3) is 3.01. The van der Waals surface area contributed by atoms with Gasteiger partial charge in [-0.05, 0) is 43.0 Å². The number of aliphatic hydroxyl groups is 1. The van der Waals surface area contributed by atoms with Crippen LogP contribution in [0.2, 0.25) is 5.02 Å². The van der Waals surface area contributed by atoms with Crippen molar-refractivity contribution in [3.8, 4) is 0 Å². The van der Waals surface area contributed by atoms with Gasteiger partial charge >= 0.3 is 0 Å². The predicted molar refractivity (Wildman–Crippen MR) is 89.3 cm³/mol. The molecule has 1 amide bonds. The molecule has 0 unspecified atom stereocenters. The lowest BCUT2D eigenvalue weighted by molar-refractivity contribution is -0.135. The van der Waals surface area contributed by atoms with Crippen LogP contribution in [0.4, 0.5) is 4.39 Å². The van der Waals surface area contributed by atoms with Crippen molar-refractivity contribution in [1.29, 1.82) is 0 Å². The van der Waals surface area contributed by atoms with Crippen LogP contribution in [0.3, 0.4) is 0 Å². The van der Waals surface area contributed by atoms with E-state index >= 15 is 4.39 Å². The average molecular weight is 349 g/mol. The lowest BCUT2D eigenvalue weighted by Gasteiger charge is -2.32. The van der Waals surface area contributed by atoms with Crippen molar-refractivity contribution in [3.05, 3.63) is 63.9 Å². The number of carbonyl (C=O) groups is 1. The third-order valence-electron chi connectivity index (χ3n) is 4.35. The lowest BCUT2D eigenvalue weighted by atomic mass is 9.81. The second kappa shape index (κ2) is 6.49. The van der Waals surface area contributed by atoms with Crippen molar-refractivity contribution in [3.63, 3.8) is 0 Å². The molecule has 3 rings (SSSR count). The molecule has 1 heterocycles. The Hall–Kier alpha value is -1.98. The molecular weight excluding hydrogens is 331 g/mol. The summed E-state index contributed by atoms with van der Waals surface area (Å²) < 4.78 is 15.4. The molecule has 1 aliphatic rings. The summed E-state index contributed by atoms with van der Waals surface area (Å²) in [5, 5.41) is 13.1. The molecule has 2 atom stereocenters. The highest BCUT2D eigenvalue weighted by Gasteiger charge is 2.46. The maximum absolute atomic E-state index is 15.4. The minimum absolute atomic E-state index is 0.0830. The van der Waals surface area contributed by atoms with Gasteiger partial charge in [0.1, 0.15) is 0 Å². The van der Waals surface area contributed by atoms with E-state index in [1.165, 1.54) is 12.3 Å². The number of nitrogens with one attached hydrogen (secondary N) is 1. The van der Waals surface area contributed by atoms with E-state index < -0.39 is 17.7 Å². The van der Waals surface area contributed by atoms with Crippen LogP contribution in [-0.4, -0.2) is 16.0 Å². The topological polar surface area (TPSA) is 62.2 Å². The third-order valence-corrected chi connectivity index (χ3v) is 4.70. The number of rotatable bonds is 3. The molecular formula is C18H18ClFN2O2. The van der Waals surface area contributed by atoms with E-state index in [1.807, 2.05) is 19.1 Å². The van der Waals surface area contributed by atoms with E-state index in [0.29, 0.717) is 5.02 Å². The second-order valence-corrected chi connectivity index (χ2v) is 6.48. The van der Waals surface area contributed by atoms with Gasteiger partial charge in [0.25, 0.3) is 5.91 Å². The van der Waals surface area contributed by atoms with Gasteiger partial charge in [0.05, 0.1) is 11.8 Å². The van der Waals surface area contributed by atoms with Crippen molar-refractivity contribution in [2.75, 3.05) is 0 Å². The normalized spacial score (nSPS) is 22.8. The SMILES string of the molecule is Cc1ccc(CNC(=O)[C@]2(F)CC[C@@H](O)c3ncccc32)c(Cl)c1.